The van der Waals surface area contributed by atoms with E-state index in [2.05, 4.69) is 47.4 Å². The highest BCUT2D eigenvalue weighted by molar-refractivity contribution is 7.13. The number of nitrogens with zero attached hydrogens (tertiary/aromatic N) is 5. The van der Waals surface area contributed by atoms with Crippen LogP contribution in [0.3, 0.4) is 0 Å². The van der Waals surface area contributed by atoms with Crippen LogP contribution in [0, 0.1) is 11.8 Å². The van der Waals surface area contributed by atoms with Gasteiger partial charge in [0.1, 0.15) is 47.3 Å². The Hall–Kier alpha value is -6.16. The van der Waals surface area contributed by atoms with Gasteiger partial charge in [-0.1, -0.05) is 71.0 Å². The van der Waals surface area contributed by atoms with E-state index >= 15 is 0 Å². The summed E-state index contributed by atoms with van der Waals surface area (Å²) >= 11 is 1.29. The molecule has 0 fully saturated rings. The van der Waals surface area contributed by atoms with Crippen molar-refractivity contribution in [3.05, 3.63) is 72.7 Å². The second kappa shape index (κ2) is 13.6. The van der Waals surface area contributed by atoms with Crippen LogP contribution in [0.15, 0.2) is 78.7 Å². The number of thiazole rings is 1. The number of rotatable bonds is 4. The van der Waals surface area contributed by atoms with Crippen LogP contribution in [-0.2, 0) is 9.59 Å². The molecule has 260 valence electrons. The van der Waals surface area contributed by atoms with Gasteiger partial charge < -0.3 is 33.6 Å². The van der Waals surface area contributed by atoms with Gasteiger partial charge in [-0.25, -0.2) is 24.9 Å². The van der Waals surface area contributed by atoms with E-state index in [1.165, 1.54) is 30.1 Å². The van der Waals surface area contributed by atoms with Gasteiger partial charge in [-0.3, -0.25) is 14.4 Å². The number of benzene rings is 1. The Morgan fingerprint density at radius 1 is 0.765 bits per heavy atom. The fraction of sp³-hybridized carbons (Fsp3) is 0.257. The van der Waals surface area contributed by atoms with Crippen LogP contribution in [0.5, 0.6) is 0 Å². The smallest absolute Gasteiger partial charge is 0.274 e. The lowest BCUT2D eigenvalue weighted by atomic mass is 9.96. The summed E-state index contributed by atoms with van der Waals surface area (Å²) in [6, 6.07) is 6.94. The molecule has 7 rings (SSSR count). The van der Waals surface area contributed by atoms with E-state index in [9.17, 15) is 14.4 Å². The van der Waals surface area contributed by atoms with Crippen LogP contribution in [0.1, 0.15) is 50.5 Å². The van der Waals surface area contributed by atoms with Gasteiger partial charge in [0.15, 0.2) is 22.8 Å². The fourth-order valence-corrected chi connectivity index (χ4v) is 6.06. The first kappa shape index (κ1) is 33.3. The van der Waals surface area contributed by atoms with E-state index in [4.69, 9.17) is 17.7 Å². The summed E-state index contributed by atoms with van der Waals surface area (Å²) in [6.45, 7) is 11.2. The summed E-state index contributed by atoms with van der Waals surface area (Å²) in [5, 5.41) is 10.6. The van der Waals surface area contributed by atoms with Gasteiger partial charge in [-0.2, -0.15) is 0 Å². The van der Waals surface area contributed by atoms with E-state index in [0.717, 1.165) is 0 Å². The molecule has 0 radical (unpaired) electrons. The Bertz CT molecular complexity index is 2240. The molecule has 1 aliphatic rings. The Morgan fingerprint density at radius 3 is 2.14 bits per heavy atom. The average Bonchev–Trinajstić information content (AvgIpc) is 3.97. The summed E-state index contributed by atoms with van der Waals surface area (Å²) in [4.78, 5) is 64.0. The van der Waals surface area contributed by atoms with Crippen LogP contribution in [-0.4, -0.2) is 54.7 Å². The molecule has 6 aromatic rings. The minimum atomic E-state index is -1.04. The SMILES string of the molecule is C=C1NC(=O)[C@H](C(C)C)NC(=O)[C@@H]([C@@H](C)CC)NC(=O)c2nc(oc2-c2ccccc2)-c2coc(n2)-c2csc(n2)-c2coc(n2)-c2coc1n2. The molecular weight excluding hydrogens is 677 g/mol. The number of oxazole rings is 4. The number of carbonyl (C=O) groups is 3. The molecule has 0 saturated heterocycles. The molecule has 3 N–H and O–H groups in total. The maximum atomic E-state index is 14.0. The van der Waals surface area contributed by atoms with E-state index in [1.54, 1.807) is 43.5 Å². The van der Waals surface area contributed by atoms with Crippen molar-refractivity contribution in [3.63, 3.8) is 0 Å². The minimum absolute atomic E-state index is 0.0172. The zero-order valence-electron chi connectivity index (χ0n) is 27.9. The lowest BCUT2D eigenvalue weighted by molar-refractivity contribution is -0.131. The van der Waals surface area contributed by atoms with E-state index in [0.29, 0.717) is 28.4 Å². The van der Waals surface area contributed by atoms with Gasteiger partial charge in [0.25, 0.3) is 5.91 Å². The van der Waals surface area contributed by atoms with Gasteiger partial charge in [-0.15, -0.1) is 11.3 Å². The largest absolute Gasteiger partial charge is 0.443 e. The zero-order valence-corrected chi connectivity index (χ0v) is 28.7. The third-order valence-electron chi connectivity index (χ3n) is 8.33. The van der Waals surface area contributed by atoms with E-state index in [1.807, 2.05) is 19.9 Å². The Labute approximate surface area is 294 Å². The minimum Gasteiger partial charge on any atom is -0.443 e. The number of hydrogen-bond acceptors (Lipinski definition) is 13. The van der Waals surface area contributed by atoms with E-state index in [-0.39, 0.29) is 63.9 Å². The molecule has 1 aromatic carbocycles. The van der Waals surface area contributed by atoms with Crippen molar-refractivity contribution in [2.45, 2.75) is 46.2 Å². The highest BCUT2D eigenvalue weighted by Crippen LogP contribution is 2.34. The summed E-state index contributed by atoms with van der Waals surface area (Å²) in [7, 11) is 0. The zero-order chi connectivity index (χ0) is 35.8. The predicted octanol–water partition coefficient (Wildman–Crippen LogP) is 5.82. The number of carbonyl (C=O) groups excluding carboxylic acids is 3. The van der Waals surface area contributed by atoms with Crippen LogP contribution in [0.25, 0.3) is 62.5 Å². The molecule has 16 heteroatoms. The maximum absolute atomic E-state index is 14.0. The second-order valence-corrected chi connectivity index (χ2v) is 13.1. The average molecular weight is 709 g/mol. The number of aromatic nitrogens is 5. The normalized spacial score (nSPS) is 17.4. The molecule has 0 saturated carbocycles. The van der Waals surface area contributed by atoms with Crippen molar-refractivity contribution in [2.24, 2.45) is 11.8 Å². The monoisotopic (exact) mass is 708 g/mol. The first-order valence-corrected chi connectivity index (χ1v) is 17.0. The quantitative estimate of drug-likeness (QED) is 0.198. The molecule has 3 amide bonds. The summed E-state index contributed by atoms with van der Waals surface area (Å²) in [6.07, 6.45) is 4.65. The summed E-state index contributed by atoms with van der Waals surface area (Å²) in [5.74, 6) is -1.88. The highest BCUT2D eigenvalue weighted by Gasteiger charge is 2.34. The second-order valence-electron chi connectivity index (χ2n) is 12.2. The Balaban J connectivity index is 1.31. The van der Waals surface area contributed by atoms with Crippen molar-refractivity contribution < 1.29 is 32.1 Å². The predicted molar refractivity (Wildman–Crippen MR) is 184 cm³/mol. The van der Waals surface area contributed by atoms with Gasteiger partial charge >= 0.3 is 0 Å². The third kappa shape index (κ3) is 6.60. The third-order valence-corrected chi connectivity index (χ3v) is 9.20. The first-order chi connectivity index (χ1) is 24.6. The lowest BCUT2D eigenvalue weighted by Gasteiger charge is -2.27. The Kier molecular flexibility index (Phi) is 8.91. The topological polar surface area (TPSA) is 204 Å². The summed E-state index contributed by atoms with van der Waals surface area (Å²) in [5.41, 5.74) is 1.92. The molecule has 6 heterocycles. The molecule has 0 aliphatic carbocycles. The summed E-state index contributed by atoms with van der Waals surface area (Å²) < 4.78 is 23.1. The van der Waals surface area contributed by atoms with Crippen molar-refractivity contribution in [1.29, 1.82) is 0 Å². The number of fused-ring (bicyclic) bond motifs is 14. The molecule has 15 nitrogen and oxygen atoms in total. The van der Waals surface area contributed by atoms with Crippen LogP contribution >= 0.6 is 11.3 Å². The maximum Gasteiger partial charge on any atom is 0.274 e. The van der Waals surface area contributed by atoms with Crippen molar-refractivity contribution in [1.82, 2.24) is 40.9 Å². The molecule has 3 atom stereocenters. The molecule has 10 bridgehead atoms. The van der Waals surface area contributed by atoms with Crippen molar-refractivity contribution in [3.8, 4) is 56.8 Å². The number of nitrogens with one attached hydrogen (secondary N) is 3. The molecule has 1 aliphatic heterocycles. The van der Waals surface area contributed by atoms with Gasteiger partial charge in [0.05, 0.1) is 5.70 Å². The number of hydrogen-bond donors (Lipinski definition) is 3. The highest BCUT2D eigenvalue weighted by atomic mass is 32.1. The molecule has 51 heavy (non-hydrogen) atoms. The van der Waals surface area contributed by atoms with Crippen LogP contribution in [0.4, 0.5) is 0 Å². The first-order valence-electron chi connectivity index (χ1n) is 16.1. The molecule has 0 spiro atoms. The molecular formula is C35H32N8O7S. The number of amides is 3. The van der Waals surface area contributed by atoms with Crippen LogP contribution in [0.2, 0.25) is 0 Å². The van der Waals surface area contributed by atoms with Crippen molar-refractivity contribution in [2.75, 3.05) is 0 Å². The Morgan fingerprint density at radius 2 is 1.41 bits per heavy atom. The lowest BCUT2D eigenvalue weighted by Crippen LogP contribution is -2.57. The van der Waals surface area contributed by atoms with Crippen molar-refractivity contribution >= 4 is 34.8 Å². The van der Waals surface area contributed by atoms with Gasteiger partial charge in [0, 0.05) is 10.9 Å². The fourth-order valence-electron chi connectivity index (χ4n) is 5.32. The standard InChI is InChI=1S/C35H32N8O7S/c1-6-17(4)25-29(45)41-24(16(2)3)28(44)36-18(5)31-37-20(12-47-31)32-39-22(14-49-32)35-40-23(15-51-35)33-38-21(13-48-33)34-43-26(30(46)42-25)27(50-34)19-10-8-7-9-11-19/h7-17,24-25H,5-6H2,1-4H3,(H,36,44)(H,41,45)(H,42,46)/t17-,24-,25+/m0/s1. The molecule has 5 aromatic heterocycles. The van der Waals surface area contributed by atoms with Crippen LogP contribution < -0.4 is 16.0 Å². The molecule has 0 unspecified atom stereocenters. The van der Waals surface area contributed by atoms with Gasteiger partial charge in [-0.05, 0) is 11.8 Å². The van der Waals surface area contributed by atoms with E-state index < -0.39 is 29.8 Å². The van der Waals surface area contributed by atoms with Gasteiger partial charge in [0.2, 0.25) is 35.4 Å².